The van der Waals surface area contributed by atoms with Gasteiger partial charge in [-0.3, -0.25) is 18.6 Å². The molecule has 0 rings (SSSR count). The molecule has 0 aliphatic heterocycles. The Morgan fingerprint density at radius 1 is 0.566 bits per heavy atom. The minimum absolute atomic E-state index is 0.0450. The Bertz CT molecular complexity index is 1050. The SMILES string of the molecule is CCCCC/C=C/C/C=C/C/C=C/C/C=C/CCCCCC(=O)OC[C@@H](COP(=O)(O)OCCN)OC(=O)CCCCCCC/C=C/CCCCCC. The van der Waals surface area contributed by atoms with Gasteiger partial charge in [0.15, 0.2) is 6.10 Å². The molecule has 0 aliphatic rings. The molecule has 0 saturated heterocycles. The molecule has 0 spiro atoms. The molecular formula is C43H76NO8P. The summed E-state index contributed by atoms with van der Waals surface area (Å²) in [4.78, 5) is 34.8. The van der Waals surface area contributed by atoms with E-state index >= 15 is 0 Å². The molecule has 9 nitrogen and oxygen atoms in total. The summed E-state index contributed by atoms with van der Waals surface area (Å²) in [6, 6.07) is 0. The van der Waals surface area contributed by atoms with Crippen molar-refractivity contribution in [1.29, 1.82) is 0 Å². The fraction of sp³-hybridized carbons (Fsp3) is 0.721. The fourth-order valence-corrected chi connectivity index (χ4v) is 6.02. The van der Waals surface area contributed by atoms with Gasteiger partial charge in [-0.1, -0.05) is 132 Å². The van der Waals surface area contributed by atoms with Crippen LogP contribution in [-0.2, 0) is 32.7 Å². The summed E-state index contributed by atoms with van der Waals surface area (Å²) < 4.78 is 32.7. The van der Waals surface area contributed by atoms with Crippen LogP contribution in [0.25, 0.3) is 0 Å². The molecule has 0 aromatic heterocycles. The molecule has 0 bridgehead atoms. The maximum Gasteiger partial charge on any atom is 0.472 e. The van der Waals surface area contributed by atoms with E-state index in [1.54, 1.807) is 0 Å². The number of hydrogen-bond acceptors (Lipinski definition) is 8. The number of carbonyl (C=O) groups is 2. The molecule has 53 heavy (non-hydrogen) atoms. The predicted octanol–water partition coefficient (Wildman–Crippen LogP) is 11.7. The summed E-state index contributed by atoms with van der Waals surface area (Å²) in [6.07, 6.45) is 45.3. The summed E-state index contributed by atoms with van der Waals surface area (Å²) in [5.74, 6) is -0.880. The number of rotatable bonds is 38. The maximum absolute atomic E-state index is 12.5. The van der Waals surface area contributed by atoms with Crippen LogP contribution in [-0.4, -0.2) is 49.3 Å². The minimum Gasteiger partial charge on any atom is -0.462 e. The van der Waals surface area contributed by atoms with Crippen molar-refractivity contribution in [2.75, 3.05) is 26.4 Å². The Labute approximate surface area is 323 Å². The second kappa shape index (κ2) is 39.4. The first-order chi connectivity index (χ1) is 25.8. The summed E-state index contributed by atoms with van der Waals surface area (Å²) >= 11 is 0. The van der Waals surface area contributed by atoms with E-state index < -0.39 is 32.5 Å². The van der Waals surface area contributed by atoms with Crippen molar-refractivity contribution in [3.63, 3.8) is 0 Å². The first-order valence-electron chi connectivity index (χ1n) is 20.8. The van der Waals surface area contributed by atoms with Gasteiger partial charge in [-0.15, -0.1) is 0 Å². The number of phosphoric ester groups is 1. The highest BCUT2D eigenvalue weighted by Gasteiger charge is 2.25. The smallest absolute Gasteiger partial charge is 0.462 e. The van der Waals surface area contributed by atoms with E-state index in [-0.39, 0.29) is 32.6 Å². The van der Waals surface area contributed by atoms with Crippen molar-refractivity contribution in [3.8, 4) is 0 Å². The number of phosphoric acid groups is 1. The number of unbranched alkanes of at least 4 members (excludes halogenated alkanes) is 15. The van der Waals surface area contributed by atoms with E-state index in [2.05, 4.69) is 74.6 Å². The zero-order valence-electron chi connectivity index (χ0n) is 33.5. The Morgan fingerprint density at radius 2 is 0.981 bits per heavy atom. The molecular weight excluding hydrogens is 689 g/mol. The third-order valence-electron chi connectivity index (χ3n) is 8.38. The third kappa shape index (κ3) is 39.2. The molecule has 306 valence electrons. The lowest BCUT2D eigenvalue weighted by atomic mass is 10.1. The number of allylic oxidation sites excluding steroid dienone is 10. The van der Waals surface area contributed by atoms with Crippen LogP contribution in [0.15, 0.2) is 60.8 Å². The highest BCUT2D eigenvalue weighted by molar-refractivity contribution is 7.47. The van der Waals surface area contributed by atoms with Gasteiger partial charge in [0.2, 0.25) is 0 Å². The van der Waals surface area contributed by atoms with Crippen LogP contribution in [0.1, 0.15) is 168 Å². The Morgan fingerprint density at radius 3 is 1.53 bits per heavy atom. The van der Waals surface area contributed by atoms with Crippen LogP contribution in [0.4, 0.5) is 0 Å². The first kappa shape index (κ1) is 50.7. The zero-order chi connectivity index (χ0) is 38.9. The molecule has 0 fully saturated rings. The normalized spacial score (nSPS) is 14.0. The summed E-state index contributed by atoms with van der Waals surface area (Å²) in [7, 11) is -4.39. The van der Waals surface area contributed by atoms with Gasteiger partial charge < -0.3 is 20.1 Å². The van der Waals surface area contributed by atoms with Crippen LogP contribution >= 0.6 is 7.82 Å². The zero-order valence-corrected chi connectivity index (χ0v) is 34.4. The molecule has 3 N–H and O–H groups in total. The fourth-order valence-electron chi connectivity index (χ4n) is 5.26. The summed E-state index contributed by atoms with van der Waals surface area (Å²) in [5.41, 5.74) is 5.34. The molecule has 0 amide bonds. The van der Waals surface area contributed by atoms with Gasteiger partial charge in [0.1, 0.15) is 6.61 Å². The molecule has 1 unspecified atom stereocenters. The van der Waals surface area contributed by atoms with E-state index in [9.17, 15) is 19.0 Å². The van der Waals surface area contributed by atoms with Gasteiger partial charge in [-0.2, -0.15) is 0 Å². The Balaban J connectivity index is 4.26. The molecule has 0 radical (unpaired) electrons. The summed E-state index contributed by atoms with van der Waals surface area (Å²) in [5, 5.41) is 0. The van der Waals surface area contributed by atoms with Crippen LogP contribution in [0.3, 0.4) is 0 Å². The van der Waals surface area contributed by atoms with Crippen LogP contribution < -0.4 is 5.73 Å². The van der Waals surface area contributed by atoms with Gasteiger partial charge >= 0.3 is 19.8 Å². The monoisotopic (exact) mass is 766 g/mol. The van der Waals surface area contributed by atoms with Gasteiger partial charge in [-0.25, -0.2) is 4.57 Å². The summed E-state index contributed by atoms with van der Waals surface area (Å²) in [6.45, 7) is 3.62. The van der Waals surface area contributed by atoms with Crippen molar-refractivity contribution in [2.45, 2.75) is 174 Å². The molecule has 2 atom stereocenters. The molecule has 0 aromatic rings. The predicted molar refractivity (Wildman–Crippen MR) is 219 cm³/mol. The lowest BCUT2D eigenvalue weighted by Gasteiger charge is -2.19. The molecule has 0 saturated carbocycles. The number of hydrogen-bond donors (Lipinski definition) is 2. The second-order valence-corrected chi connectivity index (χ2v) is 14.9. The topological polar surface area (TPSA) is 134 Å². The van der Waals surface area contributed by atoms with Crippen molar-refractivity contribution >= 4 is 19.8 Å². The lowest BCUT2D eigenvalue weighted by Crippen LogP contribution is -2.29. The third-order valence-corrected chi connectivity index (χ3v) is 9.36. The number of carbonyl (C=O) groups excluding carboxylic acids is 2. The van der Waals surface area contributed by atoms with Crippen molar-refractivity contribution < 1.29 is 37.6 Å². The van der Waals surface area contributed by atoms with E-state index in [0.717, 1.165) is 77.0 Å². The molecule has 0 aromatic carbocycles. The second-order valence-electron chi connectivity index (χ2n) is 13.5. The number of nitrogens with two attached hydrogens (primary N) is 1. The van der Waals surface area contributed by atoms with Crippen LogP contribution in [0.2, 0.25) is 0 Å². The molecule has 0 heterocycles. The average Bonchev–Trinajstić information content (AvgIpc) is 3.14. The average molecular weight is 766 g/mol. The van der Waals surface area contributed by atoms with Crippen molar-refractivity contribution in [2.24, 2.45) is 5.73 Å². The van der Waals surface area contributed by atoms with Crippen molar-refractivity contribution in [1.82, 2.24) is 0 Å². The Kier molecular flexibility index (Phi) is 37.7. The van der Waals surface area contributed by atoms with Gasteiger partial charge in [0, 0.05) is 19.4 Å². The van der Waals surface area contributed by atoms with E-state index in [0.29, 0.717) is 12.8 Å². The van der Waals surface area contributed by atoms with Gasteiger partial charge in [0.05, 0.1) is 13.2 Å². The highest BCUT2D eigenvalue weighted by atomic mass is 31.2. The van der Waals surface area contributed by atoms with Crippen LogP contribution in [0.5, 0.6) is 0 Å². The van der Waals surface area contributed by atoms with Gasteiger partial charge in [0.25, 0.3) is 0 Å². The van der Waals surface area contributed by atoms with E-state index in [1.165, 1.54) is 51.4 Å². The quantitative estimate of drug-likeness (QED) is 0.0272. The van der Waals surface area contributed by atoms with Crippen LogP contribution in [0, 0.1) is 0 Å². The minimum atomic E-state index is -4.39. The first-order valence-corrected chi connectivity index (χ1v) is 22.3. The highest BCUT2D eigenvalue weighted by Crippen LogP contribution is 2.43. The molecule has 10 heteroatoms. The maximum atomic E-state index is 12.5. The standard InChI is InChI=1S/C43H76NO8P/c1-3-5-7-9-11-13-15-17-18-19-20-21-22-24-25-27-29-31-33-35-42(45)49-39-41(40-51-53(47,48)50-38-37-44)52-43(46)36-34-32-30-28-26-23-16-14-12-10-8-6-4-2/h11,13-14,16-18,20-21,24-25,41H,3-10,12,15,19,22-23,26-40,44H2,1-2H3,(H,47,48)/b13-11+,16-14+,18-17+,21-20+,25-24+/t41-/m0/s1. The Hall–Kier alpha value is -2.29. The van der Waals surface area contributed by atoms with E-state index in [4.69, 9.17) is 24.3 Å². The lowest BCUT2D eigenvalue weighted by molar-refractivity contribution is -0.161. The number of esters is 2. The number of ether oxygens (including phenoxy) is 2. The van der Waals surface area contributed by atoms with Gasteiger partial charge in [-0.05, 0) is 83.5 Å². The van der Waals surface area contributed by atoms with Crippen molar-refractivity contribution in [3.05, 3.63) is 60.8 Å². The van der Waals surface area contributed by atoms with E-state index in [1.807, 2.05) is 0 Å². The molecule has 0 aliphatic carbocycles. The largest absolute Gasteiger partial charge is 0.472 e.